The molecule has 1 N–H and O–H groups in total. The average molecular weight is 554 g/mol. The quantitative estimate of drug-likeness (QED) is 0.478. The van der Waals surface area contributed by atoms with Gasteiger partial charge in [0.2, 0.25) is 15.9 Å². The molecule has 0 unspecified atom stereocenters. The first-order chi connectivity index (χ1) is 17.5. The molecule has 0 bridgehead atoms. The highest BCUT2D eigenvalue weighted by Crippen LogP contribution is 2.36. The molecule has 1 aliphatic carbocycles. The molecule has 1 amide bonds. The van der Waals surface area contributed by atoms with Gasteiger partial charge in [0.05, 0.1) is 17.4 Å². The van der Waals surface area contributed by atoms with Crippen LogP contribution in [0.5, 0.6) is 0 Å². The van der Waals surface area contributed by atoms with Gasteiger partial charge >= 0.3 is 0 Å². The van der Waals surface area contributed by atoms with Crippen molar-refractivity contribution in [3.8, 4) is 10.8 Å². The standard InChI is InChI=1S/C23H29F2N7O3S2/c1-14(2)22(33)31-9-7-30(8-10-31)16-11-15(37(34,35)29-23(3)5-4-6-23)13-32-17(16)12-26-19(32)21-28-27-20(36-21)18(24)25/h11-14,18,29H,4-10H2,1-3H3. The summed E-state index contributed by atoms with van der Waals surface area (Å²) in [4.78, 5) is 20.7. The molecular weight excluding hydrogens is 524 g/mol. The van der Waals surface area contributed by atoms with Crippen molar-refractivity contribution in [1.29, 1.82) is 0 Å². The van der Waals surface area contributed by atoms with Crippen molar-refractivity contribution < 1.29 is 22.0 Å². The van der Waals surface area contributed by atoms with E-state index in [1.807, 2.05) is 30.6 Å². The molecule has 0 aromatic carbocycles. The first-order valence-corrected chi connectivity index (χ1v) is 14.5. The van der Waals surface area contributed by atoms with E-state index >= 15 is 0 Å². The van der Waals surface area contributed by atoms with E-state index < -0.39 is 27.0 Å². The van der Waals surface area contributed by atoms with Gasteiger partial charge in [-0.15, -0.1) is 10.2 Å². The molecule has 200 valence electrons. The van der Waals surface area contributed by atoms with Crippen molar-refractivity contribution in [2.24, 2.45) is 5.92 Å². The van der Waals surface area contributed by atoms with Crippen molar-refractivity contribution in [3.63, 3.8) is 0 Å². The lowest BCUT2D eigenvalue weighted by molar-refractivity contribution is -0.134. The maximum absolute atomic E-state index is 13.5. The lowest BCUT2D eigenvalue weighted by Gasteiger charge is -2.39. The molecule has 14 heteroatoms. The highest BCUT2D eigenvalue weighted by Gasteiger charge is 2.37. The summed E-state index contributed by atoms with van der Waals surface area (Å²) in [6, 6.07) is 1.62. The van der Waals surface area contributed by atoms with Gasteiger partial charge in [0.25, 0.3) is 6.43 Å². The lowest BCUT2D eigenvalue weighted by atomic mass is 9.80. The third kappa shape index (κ3) is 4.93. The summed E-state index contributed by atoms with van der Waals surface area (Å²) in [7, 11) is -3.89. The first-order valence-electron chi connectivity index (χ1n) is 12.2. The van der Waals surface area contributed by atoms with Crippen LogP contribution in [0.15, 0.2) is 23.4 Å². The highest BCUT2D eigenvalue weighted by molar-refractivity contribution is 7.89. The smallest absolute Gasteiger partial charge is 0.291 e. The summed E-state index contributed by atoms with van der Waals surface area (Å²) in [6.45, 7) is 7.65. The number of anilines is 1. The van der Waals surface area contributed by atoms with Gasteiger partial charge in [0.15, 0.2) is 15.8 Å². The van der Waals surface area contributed by atoms with Crippen LogP contribution >= 0.6 is 11.3 Å². The van der Waals surface area contributed by atoms with Crippen LogP contribution in [-0.2, 0) is 14.8 Å². The molecule has 2 aliphatic rings. The Bertz CT molecular complexity index is 1430. The van der Waals surface area contributed by atoms with Crippen LogP contribution in [-0.4, -0.2) is 70.5 Å². The Kier molecular flexibility index (Phi) is 6.69. The molecule has 5 rings (SSSR count). The molecule has 0 atom stereocenters. The Labute approximate surface area is 217 Å². The van der Waals surface area contributed by atoms with Crippen molar-refractivity contribution in [3.05, 3.63) is 23.5 Å². The second-order valence-corrected chi connectivity index (χ2v) is 12.8. The van der Waals surface area contributed by atoms with E-state index in [1.54, 1.807) is 16.7 Å². The molecule has 0 spiro atoms. The number of amides is 1. The number of nitrogens with one attached hydrogen (secondary N) is 1. The molecule has 1 saturated heterocycles. The van der Waals surface area contributed by atoms with Crippen LogP contribution < -0.4 is 9.62 Å². The Morgan fingerprint density at radius 1 is 1.16 bits per heavy atom. The summed E-state index contributed by atoms with van der Waals surface area (Å²) < 4.78 is 57.6. The maximum Gasteiger partial charge on any atom is 0.291 e. The number of hydrogen-bond donors (Lipinski definition) is 1. The van der Waals surface area contributed by atoms with Gasteiger partial charge in [-0.25, -0.2) is 26.9 Å². The molecular formula is C23H29F2N7O3S2. The number of carbonyl (C=O) groups is 1. The van der Waals surface area contributed by atoms with Crippen LogP contribution in [0, 0.1) is 5.92 Å². The van der Waals surface area contributed by atoms with Crippen LogP contribution in [0.1, 0.15) is 51.5 Å². The number of hydrogen-bond acceptors (Lipinski definition) is 8. The average Bonchev–Trinajstić information content (AvgIpc) is 3.49. The molecule has 37 heavy (non-hydrogen) atoms. The van der Waals surface area contributed by atoms with E-state index in [9.17, 15) is 22.0 Å². The Morgan fingerprint density at radius 2 is 1.86 bits per heavy atom. The largest absolute Gasteiger partial charge is 0.366 e. The minimum atomic E-state index is -3.89. The fourth-order valence-electron chi connectivity index (χ4n) is 4.75. The van der Waals surface area contributed by atoms with Crippen molar-refractivity contribution in [2.75, 3.05) is 31.1 Å². The SMILES string of the molecule is CC(C)C(=O)N1CCN(c2cc(S(=O)(=O)NC3(C)CCC3)cn3c(-c4nnc(C(F)F)s4)ncc23)CC1. The zero-order chi connectivity index (χ0) is 26.5. The highest BCUT2D eigenvalue weighted by atomic mass is 32.2. The summed E-state index contributed by atoms with van der Waals surface area (Å²) >= 11 is 0.719. The number of sulfonamides is 1. The van der Waals surface area contributed by atoms with Crippen LogP contribution in [0.25, 0.3) is 16.3 Å². The molecule has 1 saturated carbocycles. The number of alkyl halides is 2. The maximum atomic E-state index is 13.5. The molecule has 2 fully saturated rings. The van der Waals surface area contributed by atoms with E-state index in [0.29, 0.717) is 37.4 Å². The molecule has 10 nitrogen and oxygen atoms in total. The predicted molar refractivity (Wildman–Crippen MR) is 135 cm³/mol. The normalized spacial score (nSPS) is 18.1. The molecule has 3 aromatic heterocycles. The predicted octanol–water partition coefficient (Wildman–Crippen LogP) is 3.32. The lowest BCUT2D eigenvalue weighted by Crippen LogP contribution is -2.51. The van der Waals surface area contributed by atoms with Crippen molar-refractivity contribution in [2.45, 2.75) is 56.9 Å². The van der Waals surface area contributed by atoms with Gasteiger partial charge in [-0.1, -0.05) is 25.2 Å². The number of piperazine rings is 1. The molecule has 0 radical (unpaired) electrons. The second-order valence-electron chi connectivity index (χ2n) is 10.1. The topological polar surface area (TPSA) is 113 Å². The third-order valence-electron chi connectivity index (χ3n) is 6.99. The summed E-state index contributed by atoms with van der Waals surface area (Å²) in [5.41, 5.74) is 0.747. The monoisotopic (exact) mass is 553 g/mol. The molecule has 1 aliphatic heterocycles. The number of rotatable bonds is 7. The number of aromatic nitrogens is 4. The zero-order valence-electron chi connectivity index (χ0n) is 20.8. The van der Waals surface area contributed by atoms with E-state index in [2.05, 4.69) is 19.9 Å². The van der Waals surface area contributed by atoms with Gasteiger partial charge in [0.1, 0.15) is 4.90 Å². The Balaban J connectivity index is 1.57. The molecule has 4 heterocycles. The van der Waals surface area contributed by atoms with Crippen LogP contribution in [0.4, 0.5) is 14.5 Å². The van der Waals surface area contributed by atoms with E-state index in [4.69, 9.17) is 0 Å². The van der Waals surface area contributed by atoms with E-state index in [-0.39, 0.29) is 27.6 Å². The number of fused-ring (bicyclic) bond motifs is 1. The van der Waals surface area contributed by atoms with Gasteiger partial charge in [-0.2, -0.15) is 0 Å². The summed E-state index contributed by atoms with van der Waals surface area (Å²) in [5.74, 6) is 0.214. The van der Waals surface area contributed by atoms with Crippen LogP contribution in [0.2, 0.25) is 0 Å². The van der Waals surface area contributed by atoms with E-state index in [0.717, 1.165) is 30.6 Å². The second kappa shape index (κ2) is 9.55. The van der Waals surface area contributed by atoms with Gasteiger partial charge in [0, 0.05) is 43.8 Å². The minimum absolute atomic E-state index is 0.0432. The van der Waals surface area contributed by atoms with Crippen LogP contribution in [0.3, 0.4) is 0 Å². The number of carbonyl (C=O) groups excluding carboxylic acids is 1. The fourth-order valence-corrected chi connectivity index (χ4v) is 6.93. The van der Waals surface area contributed by atoms with Crippen molar-refractivity contribution >= 4 is 38.5 Å². The Morgan fingerprint density at radius 3 is 2.43 bits per heavy atom. The molecule has 3 aromatic rings. The number of halogens is 2. The van der Waals surface area contributed by atoms with Gasteiger partial charge in [-0.3, -0.25) is 9.20 Å². The van der Waals surface area contributed by atoms with Gasteiger partial charge < -0.3 is 9.80 Å². The summed E-state index contributed by atoms with van der Waals surface area (Å²) in [6.07, 6.45) is 2.73. The first kappa shape index (κ1) is 25.9. The third-order valence-corrected chi connectivity index (χ3v) is 9.52. The fraction of sp³-hybridized carbons (Fsp3) is 0.565. The number of pyridine rings is 1. The minimum Gasteiger partial charge on any atom is -0.366 e. The summed E-state index contributed by atoms with van der Waals surface area (Å²) in [5, 5.41) is 7.17. The Hall–Kier alpha value is -2.71. The van der Waals surface area contributed by atoms with Gasteiger partial charge in [-0.05, 0) is 32.3 Å². The van der Waals surface area contributed by atoms with E-state index in [1.165, 1.54) is 6.20 Å². The number of imidazole rings is 1. The zero-order valence-corrected chi connectivity index (χ0v) is 22.4. The number of nitrogens with zero attached hydrogens (tertiary/aromatic N) is 6. The van der Waals surface area contributed by atoms with Crippen molar-refractivity contribution in [1.82, 2.24) is 29.2 Å².